The highest BCUT2D eigenvalue weighted by atomic mass is 32.1. The Balaban J connectivity index is 1.09. The van der Waals surface area contributed by atoms with E-state index >= 15 is 0 Å². The number of carbonyl (C=O) groups excluding carboxylic acids is 1. The first-order chi connectivity index (χ1) is 20.6. The van der Waals surface area contributed by atoms with Crippen LogP contribution in [0.15, 0.2) is 91.0 Å². The number of ether oxygens (including phenoxy) is 1. The fourth-order valence-corrected chi connectivity index (χ4v) is 5.98. The standard InChI is InChI=1S/C33H29F3N4O2S/c34-33(35,36)30-18-29(26-8-2-4-10-28(26)39-30)40-32(43)17-5-7-23(19-32)38-31(41)22-12-15-25(16-13-22)42-20-24-14-11-21-6-1-3-9-27(21)37-24/h1-4,6,8-16,18,23,43H,5,7,17,19-20H2,(H,38,41)(H,39,40)/t23-,32+/m1/s1. The van der Waals surface area contributed by atoms with E-state index in [4.69, 9.17) is 17.4 Å². The van der Waals surface area contributed by atoms with Crippen molar-refractivity contribution in [3.8, 4) is 5.75 Å². The molecule has 0 saturated heterocycles. The van der Waals surface area contributed by atoms with E-state index in [2.05, 4.69) is 20.6 Å². The predicted octanol–water partition coefficient (Wildman–Crippen LogP) is 7.79. The van der Waals surface area contributed by atoms with Gasteiger partial charge < -0.3 is 15.4 Å². The van der Waals surface area contributed by atoms with E-state index in [1.165, 1.54) is 0 Å². The lowest BCUT2D eigenvalue weighted by Crippen LogP contribution is -2.46. The van der Waals surface area contributed by atoms with E-state index in [0.717, 1.165) is 35.5 Å². The minimum absolute atomic E-state index is 0.212. The molecular formula is C33H29F3N4O2S. The fourth-order valence-electron chi connectivity index (χ4n) is 5.48. The molecule has 0 spiro atoms. The van der Waals surface area contributed by atoms with Crippen LogP contribution in [0.25, 0.3) is 21.8 Å². The molecule has 10 heteroatoms. The number of anilines is 1. The molecule has 3 aromatic carbocycles. The summed E-state index contributed by atoms with van der Waals surface area (Å²) in [6.45, 7) is 0.298. The number of nitrogens with zero attached hydrogens (tertiary/aromatic N) is 2. The van der Waals surface area contributed by atoms with E-state index in [9.17, 15) is 18.0 Å². The van der Waals surface area contributed by atoms with Gasteiger partial charge in [-0.15, -0.1) is 0 Å². The van der Waals surface area contributed by atoms with Crippen LogP contribution in [0.5, 0.6) is 5.75 Å². The normalized spacial score (nSPS) is 18.8. The van der Waals surface area contributed by atoms with Crippen LogP contribution in [0.3, 0.4) is 0 Å². The van der Waals surface area contributed by atoms with Crippen molar-refractivity contribution in [1.82, 2.24) is 15.3 Å². The van der Waals surface area contributed by atoms with Gasteiger partial charge in [-0.25, -0.2) is 9.97 Å². The third kappa shape index (κ3) is 6.69. The summed E-state index contributed by atoms with van der Waals surface area (Å²) >= 11 is 4.86. The first-order valence-electron chi connectivity index (χ1n) is 14.0. The lowest BCUT2D eigenvalue weighted by molar-refractivity contribution is -0.140. The number of fused-ring (bicyclic) bond motifs is 2. The second-order valence-corrected chi connectivity index (χ2v) is 11.7. The third-order valence-electron chi connectivity index (χ3n) is 7.60. The van der Waals surface area contributed by atoms with E-state index in [0.29, 0.717) is 41.8 Å². The molecule has 1 aliphatic rings. The van der Waals surface area contributed by atoms with Gasteiger partial charge in [-0.05, 0) is 74.2 Å². The number of aromatic nitrogens is 2. The number of hydrogen-bond acceptors (Lipinski definition) is 6. The van der Waals surface area contributed by atoms with E-state index < -0.39 is 16.7 Å². The molecule has 1 amide bonds. The molecule has 1 fully saturated rings. The Labute approximate surface area is 252 Å². The van der Waals surface area contributed by atoms with Gasteiger partial charge in [-0.3, -0.25) is 4.79 Å². The molecule has 2 N–H and O–H groups in total. The molecule has 0 unspecified atom stereocenters. The molecule has 0 aliphatic heterocycles. The summed E-state index contributed by atoms with van der Waals surface area (Å²) < 4.78 is 46.6. The van der Waals surface area contributed by atoms with Crippen LogP contribution in [0, 0.1) is 0 Å². The topological polar surface area (TPSA) is 76.1 Å². The summed E-state index contributed by atoms with van der Waals surface area (Å²) in [6.07, 6.45) is -2.05. The van der Waals surface area contributed by atoms with Crippen molar-refractivity contribution in [3.05, 3.63) is 108 Å². The molecule has 1 aliphatic carbocycles. The lowest BCUT2D eigenvalue weighted by Gasteiger charge is -2.39. The lowest BCUT2D eigenvalue weighted by atomic mass is 9.89. The SMILES string of the molecule is O=C(N[C@@H]1CCC[C@@](S)(Nc2cc(C(F)(F)F)nc3ccccc23)C1)c1ccc(OCc2ccc3ccccc3n2)cc1. The Morgan fingerprint density at radius 3 is 2.49 bits per heavy atom. The molecule has 0 bridgehead atoms. The second kappa shape index (κ2) is 11.8. The average Bonchev–Trinajstić information content (AvgIpc) is 2.99. The van der Waals surface area contributed by atoms with Gasteiger partial charge in [0, 0.05) is 28.1 Å². The zero-order chi connectivity index (χ0) is 30.0. The van der Waals surface area contributed by atoms with Gasteiger partial charge in [0.15, 0.2) is 0 Å². The number of amides is 1. The summed E-state index contributed by atoms with van der Waals surface area (Å²) in [5, 5.41) is 7.96. The van der Waals surface area contributed by atoms with Gasteiger partial charge in [-0.2, -0.15) is 25.8 Å². The van der Waals surface area contributed by atoms with Crippen LogP contribution in [0.4, 0.5) is 18.9 Å². The summed E-state index contributed by atoms with van der Waals surface area (Å²) in [4.78, 5) is 20.7. The fraction of sp³-hybridized carbons (Fsp3) is 0.242. The number of thiol groups is 1. The molecule has 220 valence electrons. The third-order valence-corrected chi connectivity index (χ3v) is 8.11. The van der Waals surface area contributed by atoms with Crippen molar-refractivity contribution >= 4 is 46.0 Å². The number of hydrogen-bond donors (Lipinski definition) is 3. The quantitative estimate of drug-likeness (QED) is 0.131. The Morgan fingerprint density at radius 1 is 0.953 bits per heavy atom. The van der Waals surface area contributed by atoms with Gasteiger partial charge >= 0.3 is 6.18 Å². The zero-order valence-electron chi connectivity index (χ0n) is 23.1. The van der Waals surface area contributed by atoms with E-state index in [1.807, 2.05) is 36.4 Å². The maximum atomic E-state index is 13.6. The van der Waals surface area contributed by atoms with Crippen molar-refractivity contribution in [1.29, 1.82) is 0 Å². The Bertz CT molecular complexity index is 1780. The summed E-state index contributed by atoms with van der Waals surface area (Å²) in [5.41, 5.74) is 1.78. The highest BCUT2D eigenvalue weighted by molar-refractivity contribution is 7.82. The monoisotopic (exact) mass is 602 g/mol. The molecular weight excluding hydrogens is 573 g/mol. The number of alkyl halides is 3. The minimum Gasteiger partial charge on any atom is -0.487 e. The smallest absolute Gasteiger partial charge is 0.433 e. The number of pyridine rings is 2. The van der Waals surface area contributed by atoms with Crippen molar-refractivity contribution in [2.75, 3.05) is 5.32 Å². The maximum Gasteiger partial charge on any atom is 0.433 e. The van der Waals surface area contributed by atoms with E-state index in [-0.39, 0.29) is 17.5 Å². The van der Waals surface area contributed by atoms with Gasteiger partial charge in [0.1, 0.15) is 18.1 Å². The highest BCUT2D eigenvalue weighted by Crippen LogP contribution is 2.39. The van der Waals surface area contributed by atoms with Crippen molar-refractivity contribution in [3.63, 3.8) is 0 Å². The van der Waals surface area contributed by atoms with Gasteiger partial charge in [0.2, 0.25) is 0 Å². The minimum atomic E-state index is -4.58. The second-order valence-electron chi connectivity index (χ2n) is 10.8. The van der Waals surface area contributed by atoms with Crippen LogP contribution >= 0.6 is 12.6 Å². The number of halogens is 3. The van der Waals surface area contributed by atoms with Crippen LogP contribution < -0.4 is 15.4 Å². The molecule has 6 nitrogen and oxygen atoms in total. The summed E-state index contributed by atoms with van der Waals surface area (Å²) in [5.74, 6) is 0.379. The first kappa shape index (κ1) is 28.8. The van der Waals surface area contributed by atoms with Gasteiger partial charge in [0.25, 0.3) is 5.91 Å². The Kier molecular flexibility index (Phi) is 7.87. The number of benzene rings is 3. The molecule has 5 aromatic rings. The zero-order valence-corrected chi connectivity index (χ0v) is 24.0. The molecule has 2 heterocycles. The van der Waals surface area contributed by atoms with Crippen LogP contribution in [-0.2, 0) is 12.8 Å². The number of nitrogens with one attached hydrogen (secondary N) is 2. The first-order valence-corrected chi connectivity index (χ1v) is 14.5. The van der Waals surface area contributed by atoms with Crippen molar-refractivity contribution in [2.45, 2.75) is 49.4 Å². The largest absolute Gasteiger partial charge is 0.487 e. The molecule has 0 radical (unpaired) electrons. The molecule has 2 aromatic heterocycles. The number of rotatable bonds is 7. The van der Waals surface area contributed by atoms with Crippen LogP contribution in [-0.4, -0.2) is 26.8 Å². The molecule has 1 saturated carbocycles. The molecule has 43 heavy (non-hydrogen) atoms. The van der Waals surface area contributed by atoms with Crippen LogP contribution in [0.1, 0.15) is 47.4 Å². The maximum absolute atomic E-state index is 13.6. The Hall–Kier alpha value is -4.31. The van der Waals surface area contributed by atoms with Gasteiger partial charge in [0.05, 0.1) is 21.6 Å². The number of para-hydroxylation sites is 2. The average molecular weight is 603 g/mol. The molecule has 2 atom stereocenters. The number of carbonyl (C=O) groups is 1. The van der Waals surface area contributed by atoms with Crippen molar-refractivity contribution < 1.29 is 22.7 Å². The Morgan fingerprint density at radius 2 is 1.70 bits per heavy atom. The predicted molar refractivity (Wildman–Crippen MR) is 164 cm³/mol. The summed E-state index contributed by atoms with van der Waals surface area (Å²) in [7, 11) is 0. The van der Waals surface area contributed by atoms with Crippen molar-refractivity contribution in [2.24, 2.45) is 0 Å². The summed E-state index contributed by atoms with van der Waals surface area (Å²) in [6, 6.07) is 26.2. The van der Waals surface area contributed by atoms with Gasteiger partial charge in [-0.1, -0.05) is 42.5 Å². The highest BCUT2D eigenvalue weighted by Gasteiger charge is 2.37. The van der Waals surface area contributed by atoms with E-state index in [1.54, 1.807) is 48.5 Å². The molecule has 6 rings (SSSR count). The van der Waals surface area contributed by atoms with Crippen LogP contribution in [0.2, 0.25) is 0 Å².